The summed E-state index contributed by atoms with van der Waals surface area (Å²) >= 11 is 1.86. The molecule has 0 spiro atoms. The van der Waals surface area contributed by atoms with E-state index in [1.807, 2.05) is 42.1 Å². The molecule has 3 heterocycles. The van der Waals surface area contributed by atoms with Crippen molar-refractivity contribution < 1.29 is 4.74 Å². The molecule has 0 atom stereocenters. The Bertz CT molecular complexity index is 3390. The second-order valence-corrected chi connectivity index (χ2v) is 16.3. The van der Waals surface area contributed by atoms with Crippen LogP contribution in [0, 0.1) is 0 Å². The molecule has 3 nitrogen and oxygen atoms in total. The minimum atomic E-state index is -0.0639. The number of fused-ring (bicyclic) bond motifs is 9. The van der Waals surface area contributed by atoms with Crippen molar-refractivity contribution in [1.29, 1.82) is 0 Å². The molecule has 0 fully saturated rings. The van der Waals surface area contributed by atoms with Crippen LogP contribution in [0.25, 0.3) is 66.1 Å². The number of nitrogens with zero attached hydrogens (tertiary/aromatic N) is 2. The lowest BCUT2D eigenvalue weighted by molar-refractivity contribution is 0.486. The summed E-state index contributed by atoms with van der Waals surface area (Å²) in [6.45, 7) is -0.0639. The smallest absolute Gasteiger partial charge is 0.249 e. The Hall–Kier alpha value is -7.21. The van der Waals surface area contributed by atoms with Gasteiger partial charge >= 0.3 is 0 Å². The first kappa shape index (κ1) is 33.9. The summed E-state index contributed by atoms with van der Waals surface area (Å²) in [5.74, 6) is 1.68. The Labute approximate surface area is 346 Å². The van der Waals surface area contributed by atoms with Gasteiger partial charge in [-0.15, -0.1) is 0 Å². The summed E-state index contributed by atoms with van der Waals surface area (Å²) in [7, 11) is 0. The van der Waals surface area contributed by atoms with Crippen LogP contribution in [0.1, 0.15) is 0 Å². The quantitative estimate of drug-likeness (QED) is 0.157. The molecule has 0 saturated carbocycles. The number of ether oxygens (including phenoxy) is 1. The first-order chi connectivity index (χ1) is 29.3. The highest BCUT2D eigenvalue weighted by Crippen LogP contribution is 2.43. The number of para-hydroxylation sites is 4. The van der Waals surface area contributed by atoms with Gasteiger partial charge in [0.2, 0.25) is 6.71 Å². The molecule has 0 amide bonds. The lowest BCUT2D eigenvalue weighted by Crippen LogP contribution is -2.56. The third kappa shape index (κ3) is 5.39. The van der Waals surface area contributed by atoms with Crippen LogP contribution in [0.4, 0.5) is 0 Å². The summed E-state index contributed by atoms with van der Waals surface area (Å²) in [5.41, 5.74) is 13.2. The monoisotopic (exact) mass is 770 g/mol. The maximum atomic E-state index is 6.82. The fourth-order valence-electron chi connectivity index (χ4n) is 9.45. The van der Waals surface area contributed by atoms with Crippen molar-refractivity contribution in [1.82, 2.24) is 9.13 Å². The molecule has 0 radical (unpaired) electrons. The Balaban J connectivity index is 1.10. The predicted molar refractivity (Wildman–Crippen MR) is 249 cm³/mol. The summed E-state index contributed by atoms with van der Waals surface area (Å²) in [4.78, 5) is 2.50. The highest BCUT2D eigenvalue weighted by Gasteiger charge is 2.36. The Morgan fingerprint density at radius 2 is 1.08 bits per heavy atom. The number of hydrogen-bond donors (Lipinski definition) is 0. The van der Waals surface area contributed by atoms with Crippen molar-refractivity contribution >= 4 is 78.5 Å². The Morgan fingerprint density at radius 3 is 1.90 bits per heavy atom. The number of hydrogen-bond acceptors (Lipinski definition) is 2. The van der Waals surface area contributed by atoms with E-state index in [0.29, 0.717) is 0 Å². The van der Waals surface area contributed by atoms with Crippen LogP contribution >= 0.6 is 11.8 Å². The largest absolute Gasteiger partial charge is 0.458 e. The highest BCUT2D eigenvalue weighted by atomic mass is 32.2. The second kappa shape index (κ2) is 13.7. The number of benzene rings is 9. The molecule has 2 aromatic heterocycles. The van der Waals surface area contributed by atoms with Crippen LogP contribution in [0.2, 0.25) is 0 Å². The molecule has 5 heteroatoms. The van der Waals surface area contributed by atoms with Gasteiger partial charge in [-0.1, -0.05) is 168 Å². The van der Waals surface area contributed by atoms with Crippen LogP contribution in [0.5, 0.6) is 11.5 Å². The molecule has 11 aromatic rings. The topological polar surface area (TPSA) is 19.1 Å². The number of aromatic nitrogens is 2. The van der Waals surface area contributed by atoms with Crippen LogP contribution in [-0.2, 0) is 0 Å². The average molecular weight is 771 g/mol. The lowest BCUT2D eigenvalue weighted by atomic mass is 9.35. The van der Waals surface area contributed by atoms with Gasteiger partial charge in [0.05, 0.1) is 22.1 Å². The SMILES string of the molecule is c1ccc(Oc2cccc(-c3ccccc3)c2B2c3ccccc3Sc3cc(-n4c5ccccc5c5c4ccc4c6ccccc6n(-c6ccccc6)c45)ccc32)cc1. The molecule has 0 N–H and O–H groups in total. The van der Waals surface area contributed by atoms with E-state index in [2.05, 4.69) is 191 Å². The molecule has 0 aliphatic carbocycles. The van der Waals surface area contributed by atoms with E-state index in [1.165, 1.54) is 75.5 Å². The van der Waals surface area contributed by atoms with Crippen LogP contribution in [0.15, 0.2) is 222 Å². The molecule has 0 unspecified atom stereocenters. The van der Waals surface area contributed by atoms with Gasteiger partial charge in [0, 0.05) is 42.7 Å². The van der Waals surface area contributed by atoms with E-state index in [0.717, 1.165) is 28.3 Å². The van der Waals surface area contributed by atoms with Crippen LogP contribution in [-0.4, -0.2) is 15.8 Å². The predicted octanol–water partition coefficient (Wildman–Crippen LogP) is 12.3. The van der Waals surface area contributed by atoms with E-state index >= 15 is 0 Å². The van der Waals surface area contributed by atoms with Crippen molar-refractivity contribution in [3.63, 3.8) is 0 Å². The maximum absolute atomic E-state index is 6.82. The molecular formula is C54H35BN2OS. The van der Waals surface area contributed by atoms with E-state index in [9.17, 15) is 0 Å². The summed E-state index contributed by atoms with van der Waals surface area (Å²) in [5, 5.41) is 5.00. The molecular weight excluding hydrogens is 735 g/mol. The van der Waals surface area contributed by atoms with Gasteiger partial charge in [-0.25, -0.2) is 0 Å². The van der Waals surface area contributed by atoms with E-state index < -0.39 is 0 Å². The fraction of sp³-hybridized carbons (Fsp3) is 0. The van der Waals surface area contributed by atoms with E-state index in [4.69, 9.17) is 4.74 Å². The molecule has 1 aliphatic rings. The molecule has 1 aliphatic heterocycles. The molecule has 12 rings (SSSR count). The Kier molecular flexibility index (Phi) is 7.88. The Morgan fingerprint density at radius 1 is 0.424 bits per heavy atom. The van der Waals surface area contributed by atoms with Gasteiger partial charge in [0.25, 0.3) is 0 Å². The molecule has 9 aromatic carbocycles. The second-order valence-electron chi connectivity index (χ2n) is 15.2. The summed E-state index contributed by atoms with van der Waals surface area (Å²) < 4.78 is 11.7. The van der Waals surface area contributed by atoms with Crippen molar-refractivity contribution in [3.05, 3.63) is 212 Å². The standard InChI is InChI=1S/C54H35BN2OS/c1-4-17-36(18-5-1)40-25-16-29-49(58-39-21-8-3-9-22-39)53(40)55-44-26-12-15-30-50(44)59-51-35-38(31-33-45(51)55)56-47-28-14-11-24-43(47)52-48(56)34-32-42-41-23-10-13-27-46(41)57(54(42)52)37-19-6-2-7-20-37/h1-35H. The minimum Gasteiger partial charge on any atom is -0.458 e. The summed E-state index contributed by atoms with van der Waals surface area (Å²) in [6.07, 6.45) is 0. The van der Waals surface area contributed by atoms with Gasteiger partial charge in [0.1, 0.15) is 11.5 Å². The van der Waals surface area contributed by atoms with Crippen molar-refractivity contribution in [3.8, 4) is 34.0 Å². The van der Waals surface area contributed by atoms with Gasteiger partial charge in [-0.05, 0) is 83.3 Å². The van der Waals surface area contributed by atoms with Gasteiger partial charge in [0.15, 0.2) is 0 Å². The normalized spacial score (nSPS) is 12.3. The number of rotatable bonds is 6. The molecule has 59 heavy (non-hydrogen) atoms. The van der Waals surface area contributed by atoms with Crippen LogP contribution < -0.4 is 21.1 Å². The first-order valence-electron chi connectivity index (χ1n) is 20.1. The van der Waals surface area contributed by atoms with Gasteiger partial charge in [-0.2, -0.15) is 0 Å². The van der Waals surface area contributed by atoms with Crippen molar-refractivity contribution in [2.45, 2.75) is 9.79 Å². The van der Waals surface area contributed by atoms with Gasteiger partial charge < -0.3 is 13.9 Å². The van der Waals surface area contributed by atoms with E-state index in [-0.39, 0.29) is 6.71 Å². The van der Waals surface area contributed by atoms with Gasteiger partial charge in [-0.3, -0.25) is 0 Å². The third-order valence-electron chi connectivity index (χ3n) is 11.9. The average Bonchev–Trinajstić information content (AvgIpc) is 3.82. The zero-order chi connectivity index (χ0) is 38.9. The fourth-order valence-corrected chi connectivity index (χ4v) is 10.6. The molecule has 276 valence electrons. The maximum Gasteiger partial charge on any atom is 0.249 e. The van der Waals surface area contributed by atoms with Crippen molar-refractivity contribution in [2.24, 2.45) is 0 Å². The third-order valence-corrected chi connectivity index (χ3v) is 13.1. The van der Waals surface area contributed by atoms with Crippen LogP contribution in [0.3, 0.4) is 0 Å². The zero-order valence-corrected chi connectivity index (χ0v) is 32.8. The van der Waals surface area contributed by atoms with E-state index in [1.54, 1.807) is 0 Å². The van der Waals surface area contributed by atoms with Crippen molar-refractivity contribution in [2.75, 3.05) is 0 Å². The zero-order valence-electron chi connectivity index (χ0n) is 32.0. The summed E-state index contributed by atoms with van der Waals surface area (Å²) in [6, 6.07) is 76.5. The lowest BCUT2D eigenvalue weighted by Gasteiger charge is -2.29. The minimum absolute atomic E-state index is 0.0639. The molecule has 0 saturated heterocycles. The first-order valence-corrected chi connectivity index (χ1v) is 20.9. The highest BCUT2D eigenvalue weighted by molar-refractivity contribution is 8.00. The molecule has 0 bridgehead atoms.